The minimum atomic E-state index is -0.151. The number of benzene rings is 1. The summed E-state index contributed by atoms with van der Waals surface area (Å²) in [6.45, 7) is 7.94. The summed E-state index contributed by atoms with van der Waals surface area (Å²) < 4.78 is 8.30. The standard InChI is InChI=1S/C22H30N4O3/c1-15(2)24-8-6-17(7-9-24)29-18-4-5-19-16(12-18)13-20-22(28)25(10-11-26(19)20)14-21(27)23-3/h4-5,12-13,15,17H,6-11,14H2,1-3H3,(H,23,27). The number of likely N-dealkylation sites (N-methyl/N-ethyl adjacent to an activating group) is 1. The SMILES string of the molecule is CNC(=O)CN1CCn2c(cc3cc(OC4CCN(C(C)C)CC4)ccc32)C1=O. The number of hydrogen-bond donors (Lipinski definition) is 1. The van der Waals surface area contributed by atoms with E-state index in [4.69, 9.17) is 4.74 Å². The van der Waals surface area contributed by atoms with Gasteiger partial charge in [-0.3, -0.25) is 9.59 Å². The molecule has 1 aromatic heterocycles. The molecule has 1 fully saturated rings. The van der Waals surface area contributed by atoms with Gasteiger partial charge in [-0.05, 0) is 51.0 Å². The number of amides is 2. The molecule has 1 aromatic carbocycles. The fourth-order valence-corrected chi connectivity index (χ4v) is 4.33. The van der Waals surface area contributed by atoms with Gasteiger partial charge in [-0.2, -0.15) is 0 Å². The van der Waals surface area contributed by atoms with Gasteiger partial charge in [0.15, 0.2) is 0 Å². The maximum Gasteiger partial charge on any atom is 0.271 e. The summed E-state index contributed by atoms with van der Waals surface area (Å²) in [6.07, 6.45) is 2.31. The third-order valence-corrected chi connectivity index (χ3v) is 6.10. The lowest BCUT2D eigenvalue weighted by molar-refractivity contribution is -0.121. The second kappa shape index (κ2) is 8.06. The Balaban J connectivity index is 1.49. The van der Waals surface area contributed by atoms with E-state index in [1.54, 1.807) is 11.9 Å². The number of carbonyl (C=O) groups is 2. The molecule has 4 rings (SSSR count). The Kier molecular flexibility index (Phi) is 5.50. The van der Waals surface area contributed by atoms with Crippen LogP contribution in [0.5, 0.6) is 5.75 Å². The maximum absolute atomic E-state index is 12.8. The van der Waals surface area contributed by atoms with Crippen LogP contribution in [0.4, 0.5) is 0 Å². The number of aromatic nitrogens is 1. The van der Waals surface area contributed by atoms with E-state index >= 15 is 0 Å². The van der Waals surface area contributed by atoms with Gasteiger partial charge in [0.2, 0.25) is 5.91 Å². The average molecular weight is 399 g/mol. The van der Waals surface area contributed by atoms with E-state index in [2.05, 4.69) is 24.1 Å². The van der Waals surface area contributed by atoms with Crippen molar-refractivity contribution in [2.45, 2.75) is 45.4 Å². The van der Waals surface area contributed by atoms with Gasteiger partial charge in [0.25, 0.3) is 5.91 Å². The highest BCUT2D eigenvalue weighted by molar-refractivity contribution is 6.01. The zero-order chi connectivity index (χ0) is 20.5. The topological polar surface area (TPSA) is 66.8 Å². The Labute approximate surface area is 171 Å². The van der Waals surface area contributed by atoms with Crippen LogP contribution in [0.2, 0.25) is 0 Å². The number of likely N-dealkylation sites (tertiary alicyclic amines) is 1. The number of hydrogen-bond acceptors (Lipinski definition) is 4. The molecule has 2 amide bonds. The summed E-state index contributed by atoms with van der Waals surface area (Å²) in [5.74, 6) is 0.611. The minimum absolute atomic E-state index is 0.0975. The van der Waals surface area contributed by atoms with E-state index in [1.165, 1.54) is 0 Å². The second-order valence-corrected chi connectivity index (χ2v) is 8.25. The number of nitrogens with one attached hydrogen (secondary N) is 1. The van der Waals surface area contributed by atoms with E-state index < -0.39 is 0 Å². The normalized spacial score (nSPS) is 18.3. The van der Waals surface area contributed by atoms with Gasteiger partial charge >= 0.3 is 0 Å². The molecular formula is C22H30N4O3. The van der Waals surface area contributed by atoms with Crippen LogP contribution >= 0.6 is 0 Å². The van der Waals surface area contributed by atoms with Gasteiger partial charge in [-0.15, -0.1) is 0 Å². The van der Waals surface area contributed by atoms with E-state index in [0.29, 0.717) is 24.8 Å². The molecule has 3 heterocycles. The summed E-state index contributed by atoms with van der Waals surface area (Å²) in [7, 11) is 1.59. The number of piperidine rings is 1. The largest absolute Gasteiger partial charge is 0.490 e. The van der Waals surface area contributed by atoms with Gasteiger partial charge in [-0.25, -0.2) is 0 Å². The molecular weight excluding hydrogens is 368 g/mol. The fraction of sp³-hybridized carbons (Fsp3) is 0.545. The molecule has 29 heavy (non-hydrogen) atoms. The van der Waals surface area contributed by atoms with E-state index in [-0.39, 0.29) is 24.5 Å². The molecule has 7 nitrogen and oxygen atoms in total. The molecule has 1 saturated heterocycles. The lowest BCUT2D eigenvalue weighted by atomic mass is 10.1. The van der Waals surface area contributed by atoms with Crippen LogP contribution in [0.3, 0.4) is 0 Å². The van der Waals surface area contributed by atoms with Crippen LogP contribution in [0.1, 0.15) is 37.2 Å². The molecule has 7 heteroatoms. The van der Waals surface area contributed by atoms with Crippen molar-refractivity contribution in [3.05, 3.63) is 30.0 Å². The third-order valence-electron chi connectivity index (χ3n) is 6.10. The van der Waals surface area contributed by atoms with Gasteiger partial charge in [0, 0.05) is 50.2 Å². The van der Waals surface area contributed by atoms with Crippen molar-refractivity contribution in [2.75, 3.05) is 33.2 Å². The zero-order valence-corrected chi connectivity index (χ0v) is 17.5. The monoisotopic (exact) mass is 398 g/mol. The molecule has 0 atom stereocenters. The van der Waals surface area contributed by atoms with E-state index in [1.807, 2.05) is 28.8 Å². The van der Waals surface area contributed by atoms with Gasteiger partial charge < -0.3 is 24.4 Å². The predicted octanol–water partition coefficient (Wildman–Crippen LogP) is 2.09. The fourth-order valence-electron chi connectivity index (χ4n) is 4.33. The van der Waals surface area contributed by atoms with Crippen LogP contribution < -0.4 is 10.1 Å². The molecule has 2 aliphatic rings. The Morgan fingerprint density at radius 2 is 1.93 bits per heavy atom. The van der Waals surface area contributed by atoms with Crippen LogP contribution in [0, 0.1) is 0 Å². The Morgan fingerprint density at radius 1 is 1.17 bits per heavy atom. The predicted molar refractivity (Wildman–Crippen MR) is 112 cm³/mol. The summed E-state index contributed by atoms with van der Waals surface area (Å²) in [5.41, 5.74) is 1.67. The Hall–Kier alpha value is -2.54. The first kappa shape index (κ1) is 19.8. The van der Waals surface area contributed by atoms with Crippen molar-refractivity contribution in [2.24, 2.45) is 0 Å². The first-order chi connectivity index (χ1) is 14.0. The highest BCUT2D eigenvalue weighted by Crippen LogP contribution is 2.29. The maximum atomic E-state index is 12.8. The first-order valence-corrected chi connectivity index (χ1v) is 10.5. The van der Waals surface area contributed by atoms with Crippen LogP contribution in [0.15, 0.2) is 24.3 Å². The van der Waals surface area contributed by atoms with Crippen LogP contribution in [0.25, 0.3) is 10.9 Å². The van der Waals surface area contributed by atoms with Crippen molar-refractivity contribution in [1.82, 2.24) is 19.7 Å². The summed E-state index contributed by atoms with van der Waals surface area (Å²) in [5, 5.41) is 3.59. The van der Waals surface area contributed by atoms with Crippen LogP contribution in [-0.2, 0) is 11.3 Å². The molecule has 0 aliphatic carbocycles. The Bertz CT molecular complexity index is 912. The molecule has 2 aromatic rings. The number of nitrogens with zero attached hydrogens (tertiary/aromatic N) is 3. The molecule has 0 radical (unpaired) electrons. The third kappa shape index (κ3) is 3.96. The highest BCUT2D eigenvalue weighted by Gasteiger charge is 2.28. The van der Waals surface area contributed by atoms with Crippen LogP contribution in [-0.4, -0.2) is 71.6 Å². The lowest BCUT2D eigenvalue weighted by Crippen LogP contribution is -2.45. The smallest absolute Gasteiger partial charge is 0.271 e. The van der Waals surface area contributed by atoms with Crippen molar-refractivity contribution >= 4 is 22.7 Å². The molecule has 0 saturated carbocycles. The summed E-state index contributed by atoms with van der Waals surface area (Å²) in [6, 6.07) is 8.58. The van der Waals surface area contributed by atoms with Crippen molar-refractivity contribution < 1.29 is 14.3 Å². The molecule has 2 aliphatic heterocycles. The number of carbonyl (C=O) groups excluding carboxylic acids is 2. The molecule has 156 valence electrons. The van der Waals surface area contributed by atoms with Gasteiger partial charge in [-0.1, -0.05) is 0 Å². The lowest BCUT2D eigenvalue weighted by Gasteiger charge is -2.34. The zero-order valence-electron chi connectivity index (χ0n) is 17.5. The van der Waals surface area contributed by atoms with E-state index in [0.717, 1.165) is 42.6 Å². The number of fused-ring (bicyclic) bond motifs is 3. The van der Waals surface area contributed by atoms with Gasteiger partial charge in [0.1, 0.15) is 17.5 Å². The quantitative estimate of drug-likeness (QED) is 0.838. The second-order valence-electron chi connectivity index (χ2n) is 8.25. The number of ether oxygens (including phenoxy) is 1. The van der Waals surface area contributed by atoms with Crippen molar-refractivity contribution in [3.63, 3.8) is 0 Å². The van der Waals surface area contributed by atoms with Crippen molar-refractivity contribution in [3.8, 4) is 5.75 Å². The Morgan fingerprint density at radius 3 is 2.62 bits per heavy atom. The summed E-state index contributed by atoms with van der Waals surface area (Å²) >= 11 is 0. The minimum Gasteiger partial charge on any atom is -0.490 e. The number of rotatable bonds is 5. The molecule has 0 spiro atoms. The van der Waals surface area contributed by atoms with E-state index in [9.17, 15) is 9.59 Å². The first-order valence-electron chi connectivity index (χ1n) is 10.5. The highest BCUT2D eigenvalue weighted by atomic mass is 16.5. The summed E-state index contributed by atoms with van der Waals surface area (Å²) in [4.78, 5) is 28.6. The average Bonchev–Trinajstić information content (AvgIpc) is 3.09. The molecule has 0 bridgehead atoms. The molecule has 0 unspecified atom stereocenters. The molecule has 1 N–H and O–H groups in total. The van der Waals surface area contributed by atoms with Crippen molar-refractivity contribution in [1.29, 1.82) is 0 Å². The van der Waals surface area contributed by atoms with Gasteiger partial charge in [0.05, 0.1) is 6.54 Å².